The number of carbonyl (C=O) groups is 1. The minimum absolute atomic E-state index is 0.00422. The molecule has 0 saturated heterocycles. The van der Waals surface area contributed by atoms with Crippen molar-refractivity contribution >= 4 is 27.3 Å². The van der Waals surface area contributed by atoms with Gasteiger partial charge in [-0.25, -0.2) is 17.9 Å². The summed E-state index contributed by atoms with van der Waals surface area (Å²) in [5, 5.41) is 19.6. The van der Waals surface area contributed by atoms with E-state index < -0.39 is 16.0 Å². The van der Waals surface area contributed by atoms with Crippen LogP contribution in [-0.2, 0) is 10.0 Å². The largest absolute Gasteiger partial charge is 0.477 e. The Hall–Kier alpha value is -0.960. The molecule has 0 spiro atoms. The summed E-state index contributed by atoms with van der Waals surface area (Å²) >= 11 is 0.907. The third-order valence-corrected chi connectivity index (χ3v) is 6.00. The molecule has 0 aliphatic rings. The molecule has 0 saturated carbocycles. The normalized spacial score (nSPS) is 13.3. The van der Waals surface area contributed by atoms with Crippen LogP contribution >= 0.6 is 11.3 Å². The summed E-state index contributed by atoms with van der Waals surface area (Å²) in [5.74, 6) is -1.20. The molecule has 3 N–H and O–H groups in total. The van der Waals surface area contributed by atoms with Crippen LogP contribution in [0.15, 0.2) is 10.3 Å². The number of aromatic carboxylic acids is 1. The van der Waals surface area contributed by atoms with Gasteiger partial charge in [-0.15, -0.1) is 11.3 Å². The maximum absolute atomic E-state index is 12.3. The lowest BCUT2D eigenvalue weighted by atomic mass is 10.0. The van der Waals surface area contributed by atoms with E-state index in [9.17, 15) is 13.2 Å². The molecule has 0 aliphatic heterocycles. The van der Waals surface area contributed by atoms with Crippen LogP contribution < -0.4 is 4.72 Å². The Kier molecular flexibility index (Phi) is 6.79. The first kappa shape index (κ1) is 18.1. The van der Waals surface area contributed by atoms with Crippen LogP contribution in [0, 0.1) is 12.8 Å². The molecule has 21 heavy (non-hydrogen) atoms. The van der Waals surface area contributed by atoms with E-state index in [4.69, 9.17) is 10.2 Å². The smallest absolute Gasteiger partial charge is 0.347 e. The molecule has 1 aromatic rings. The van der Waals surface area contributed by atoms with Crippen molar-refractivity contribution in [2.75, 3.05) is 13.2 Å². The quantitative estimate of drug-likeness (QED) is 0.639. The molecule has 1 heterocycles. The van der Waals surface area contributed by atoms with Gasteiger partial charge in [-0.3, -0.25) is 0 Å². The number of rotatable bonds is 9. The topological polar surface area (TPSA) is 104 Å². The van der Waals surface area contributed by atoms with E-state index in [0.717, 1.165) is 24.2 Å². The molecular formula is C13H21NO5S2. The van der Waals surface area contributed by atoms with E-state index in [-0.39, 0.29) is 28.8 Å². The Morgan fingerprint density at radius 2 is 2.10 bits per heavy atom. The van der Waals surface area contributed by atoms with Crippen LogP contribution in [0.5, 0.6) is 0 Å². The van der Waals surface area contributed by atoms with Gasteiger partial charge in [-0.1, -0.05) is 13.3 Å². The Morgan fingerprint density at radius 1 is 1.43 bits per heavy atom. The molecular weight excluding hydrogens is 314 g/mol. The fourth-order valence-electron chi connectivity index (χ4n) is 2.15. The number of sulfonamides is 1. The van der Waals surface area contributed by atoms with Gasteiger partial charge in [-0.05, 0) is 36.6 Å². The summed E-state index contributed by atoms with van der Waals surface area (Å²) < 4.78 is 27.1. The van der Waals surface area contributed by atoms with Gasteiger partial charge in [0.15, 0.2) is 0 Å². The van der Waals surface area contributed by atoms with E-state index in [2.05, 4.69) is 4.72 Å². The SMILES string of the molecule is CCCC(CCO)CNS(=O)(=O)c1c(C)csc1C(=O)O. The summed E-state index contributed by atoms with van der Waals surface area (Å²) in [6.07, 6.45) is 2.21. The molecule has 1 rings (SSSR count). The Bertz CT molecular complexity index is 573. The number of aliphatic hydroxyl groups excluding tert-OH is 1. The second-order valence-electron chi connectivity index (χ2n) is 4.90. The van der Waals surface area contributed by atoms with Crippen LogP contribution in [0.3, 0.4) is 0 Å². The fraction of sp³-hybridized carbons (Fsp3) is 0.615. The summed E-state index contributed by atoms with van der Waals surface area (Å²) in [5.41, 5.74) is 0.430. The number of aryl methyl sites for hydroxylation is 1. The molecule has 0 radical (unpaired) electrons. The highest BCUT2D eigenvalue weighted by atomic mass is 32.2. The van der Waals surface area contributed by atoms with Crippen molar-refractivity contribution in [2.45, 2.75) is 38.0 Å². The van der Waals surface area contributed by atoms with Crippen molar-refractivity contribution in [3.8, 4) is 0 Å². The molecule has 120 valence electrons. The van der Waals surface area contributed by atoms with Gasteiger partial charge in [0.05, 0.1) is 0 Å². The first-order chi connectivity index (χ1) is 9.83. The number of aliphatic hydroxyl groups is 1. The Morgan fingerprint density at radius 3 is 2.62 bits per heavy atom. The number of hydrogen-bond acceptors (Lipinski definition) is 5. The fourth-order valence-corrected chi connectivity index (χ4v) is 4.90. The van der Waals surface area contributed by atoms with E-state index in [1.807, 2.05) is 6.92 Å². The maximum atomic E-state index is 12.3. The predicted octanol–water partition coefficient (Wildman–Crippen LogP) is 1.83. The summed E-state index contributed by atoms with van der Waals surface area (Å²) in [6.45, 7) is 3.77. The minimum Gasteiger partial charge on any atom is -0.477 e. The van der Waals surface area contributed by atoms with Crippen LogP contribution in [0.4, 0.5) is 0 Å². The van der Waals surface area contributed by atoms with E-state index in [1.165, 1.54) is 5.38 Å². The lowest BCUT2D eigenvalue weighted by molar-refractivity contribution is 0.0698. The summed E-state index contributed by atoms with van der Waals surface area (Å²) in [6, 6.07) is 0. The second-order valence-corrected chi connectivity index (χ2v) is 7.48. The first-order valence-corrected chi connectivity index (χ1v) is 9.11. The molecule has 0 aromatic carbocycles. The van der Waals surface area contributed by atoms with E-state index >= 15 is 0 Å². The van der Waals surface area contributed by atoms with Gasteiger partial charge in [0.2, 0.25) is 10.0 Å². The number of thiophene rings is 1. The number of hydrogen-bond donors (Lipinski definition) is 3. The van der Waals surface area contributed by atoms with Crippen LogP contribution in [0.25, 0.3) is 0 Å². The lowest BCUT2D eigenvalue weighted by Crippen LogP contribution is -2.31. The van der Waals surface area contributed by atoms with Gasteiger partial charge in [0, 0.05) is 13.2 Å². The zero-order valence-corrected chi connectivity index (χ0v) is 13.8. The lowest BCUT2D eigenvalue weighted by Gasteiger charge is -2.16. The zero-order chi connectivity index (χ0) is 16.0. The first-order valence-electron chi connectivity index (χ1n) is 6.75. The molecule has 6 nitrogen and oxygen atoms in total. The van der Waals surface area contributed by atoms with Gasteiger partial charge < -0.3 is 10.2 Å². The van der Waals surface area contributed by atoms with Crippen molar-refractivity contribution in [3.05, 3.63) is 15.8 Å². The summed E-state index contributed by atoms with van der Waals surface area (Å²) in [7, 11) is -3.86. The van der Waals surface area contributed by atoms with Crippen molar-refractivity contribution in [3.63, 3.8) is 0 Å². The number of carboxylic acids is 1. The molecule has 1 atom stereocenters. The maximum Gasteiger partial charge on any atom is 0.347 e. The molecule has 8 heteroatoms. The van der Waals surface area contributed by atoms with Gasteiger partial charge >= 0.3 is 5.97 Å². The van der Waals surface area contributed by atoms with Crippen molar-refractivity contribution in [1.82, 2.24) is 4.72 Å². The average Bonchev–Trinajstić information content (AvgIpc) is 2.79. The minimum atomic E-state index is -3.86. The molecule has 0 amide bonds. The second kappa shape index (κ2) is 7.88. The molecule has 0 fully saturated rings. The van der Waals surface area contributed by atoms with Gasteiger partial charge in [0.1, 0.15) is 9.77 Å². The number of nitrogens with one attached hydrogen (secondary N) is 1. The monoisotopic (exact) mass is 335 g/mol. The van der Waals surface area contributed by atoms with Crippen molar-refractivity contribution in [2.24, 2.45) is 5.92 Å². The molecule has 0 aliphatic carbocycles. The van der Waals surface area contributed by atoms with Crippen molar-refractivity contribution < 1.29 is 23.4 Å². The van der Waals surface area contributed by atoms with Crippen LogP contribution in [0.2, 0.25) is 0 Å². The summed E-state index contributed by atoms with van der Waals surface area (Å²) in [4.78, 5) is 10.8. The highest BCUT2D eigenvalue weighted by molar-refractivity contribution is 7.89. The predicted molar refractivity (Wildman–Crippen MR) is 81.3 cm³/mol. The average molecular weight is 335 g/mol. The highest BCUT2D eigenvalue weighted by Crippen LogP contribution is 2.27. The molecule has 0 bridgehead atoms. The van der Waals surface area contributed by atoms with E-state index in [1.54, 1.807) is 6.92 Å². The van der Waals surface area contributed by atoms with Gasteiger partial charge in [0.25, 0.3) is 0 Å². The van der Waals surface area contributed by atoms with Crippen LogP contribution in [-0.4, -0.2) is 37.8 Å². The van der Waals surface area contributed by atoms with Crippen LogP contribution in [0.1, 0.15) is 41.4 Å². The van der Waals surface area contributed by atoms with Gasteiger partial charge in [-0.2, -0.15) is 0 Å². The number of carboxylic acid groups (broad SMARTS) is 1. The third kappa shape index (κ3) is 4.77. The van der Waals surface area contributed by atoms with Crippen molar-refractivity contribution in [1.29, 1.82) is 0 Å². The zero-order valence-electron chi connectivity index (χ0n) is 12.1. The highest BCUT2D eigenvalue weighted by Gasteiger charge is 2.27. The third-order valence-electron chi connectivity index (χ3n) is 3.18. The van der Waals surface area contributed by atoms with E-state index in [0.29, 0.717) is 12.0 Å². The molecule has 1 unspecified atom stereocenters. The standard InChI is InChI=1S/C13H21NO5S2/c1-3-4-10(5-6-15)7-14-21(18,19)12-9(2)8-20-11(12)13(16)17/h8,10,14-15H,3-7H2,1-2H3,(H,16,17). The Labute approximate surface area is 128 Å². The Balaban J connectivity index is 2.91. The molecule has 1 aromatic heterocycles.